The van der Waals surface area contributed by atoms with Crippen LogP contribution in [0.1, 0.15) is 16.7 Å². The van der Waals surface area contributed by atoms with Crippen molar-refractivity contribution in [2.24, 2.45) is 0 Å². The van der Waals surface area contributed by atoms with Crippen LogP contribution in [0.2, 0.25) is 5.02 Å². The van der Waals surface area contributed by atoms with Gasteiger partial charge in [-0.3, -0.25) is 9.89 Å². The van der Waals surface area contributed by atoms with Gasteiger partial charge in [-0.1, -0.05) is 47.6 Å². The number of nitrogens with zero attached hydrogens (tertiary/aromatic N) is 2. The molecule has 31 heavy (non-hydrogen) atoms. The van der Waals surface area contributed by atoms with Gasteiger partial charge in [0.05, 0.1) is 14.2 Å². The number of aromatic nitrogens is 2. The predicted molar refractivity (Wildman–Crippen MR) is 122 cm³/mol. The standard InChI is InChI=1S/C22H19ClN4O3S/c1-29-18-9-7-14(11-19(18)30-2)8-10-20(28)25-21-16(12-24)22(27-26-21)31-13-15-5-3-4-6-17(15)23/h3-11H,13H2,1-2H3,(H2,25,26,27,28). The second-order valence-corrected chi connectivity index (χ2v) is 7.58. The largest absolute Gasteiger partial charge is 0.493 e. The van der Waals surface area contributed by atoms with Crippen LogP contribution in [0.4, 0.5) is 5.82 Å². The third-order valence-corrected chi connectivity index (χ3v) is 5.64. The summed E-state index contributed by atoms with van der Waals surface area (Å²) in [5, 5.41) is 20.2. The molecule has 0 aliphatic carbocycles. The van der Waals surface area contributed by atoms with Crippen LogP contribution in [-0.2, 0) is 10.5 Å². The molecule has 0 radical (unpaired) electrons. The smallest absolute Gasteiger partial charge is 0.249 e. The highest BCUT2D eigenvalue weighted by Gasteiger charge is 2.15. The van der Waals surface area contributed by atoms with Crippen molar-refractivity contribution in [2.45, 2.75) is 10.8 Å². The number of aromatic amines is 1. The quantitative estimate of drug-likeness (QED) is 0.371. The van der Waals surface area contributed by atoms with E-state index in [1.807, 2.05) is 24.3 Å². The molecule has 3 aromatic rings. The van der Waals surface area contributed by atoms with E-state index in [1.165, 1.54) is 17.8 Å². The van der Waals surface area contributed by atoms with E-state index in [4.69, 9.17) is 21.1 Å². The van der Waals surface area contributed by atoms with E-state index < -0.39 is 5.91 Å². The summed E-state index contributed by atoms with van der Waals surface area (Å²) in [6.45, 7) is 0. The van der Waals surface area contributed by atoms with Crippen molar-refractivity contribution in [1.82, 2.24) is 10.2 Å². The monoisotopic (exact) mass is 454 g/mol. The summed E-state index contributed by atoms with van der Waals surface area (Å²) in [4.78, 5) is 12.3. The molecule has 0 unspecified atom stereocenters. The molecule has 0 atom stereocenters. The molecule has 1 amide bonds. The fourth-order valence-corrected chi connectivity index (χ4v) is 3.91. The van der Waals surface area contributed by atoms with Crippen molar-refractivity contribution in [3.05, 3.63) is 70.3 Å². The third kappa shape index (κ3) is 5.60. The fraction of sp³-hybridized carbons (Fsp3) is 0.136. The highest BCUT2D eigenvalue weighted by Crippen LogP contribution is 2.30. The SMILES string of the molecule is COc1ccc(C=CC(=O)Nc2[nH]nc(SCc3ccccc3Cl)c2C#N)cc1OC. The summed E-state index contributed by atoms with van der Waals surface area (Å²) in [7, 11) is 3.10. The van der Waals surface area contributed by atoms with Crippen molar-refractivity contribution in [3.63, 3.8) is 0 Å². The Morgan fingerprint density at radius 2 is 2.03 bits per heavy atom. The van der Waals surface area contributed by atoms with E-state index in [0.29, 0.717) is 27.3 Å². The van der Waals surface area contributed by atoms with Gasteiger partial charge in [-0.25, -0.2) is 0 Å². The first-order chi connectivity index (χ1) is 15.0. The molecular weight excluding hydrogens is 436 g/mol. The molecule has 0 saturated heterocycles. The Balaban J connectivity index is 1.67. The van der Waals surface area contributed by atoms with Gasteiger partial charge < -0.3 is 14.8 Å². The van der Waals surface area contributed by atoms with Gasteiger partial charge in [0.2, 0.25) is 5.91 Å². The van der Waals surface area contributed by atoms with E-state index in [2.05, 4.69) is 21.6 Å². The molecule has 158 valence electrons. The zero-order chi connectivity index (χ0) is 22.2. The molecule has 0 spiro atoms. The van der Waals surface area contributed by atoms with Gasteiger partial charge in [0, 0.05) is 16.9 Å². The number of rotatable bonds is 8. The number of halogens is 1. The minimum atomic E-state index is -0.405. The van der Waals surface area contributed by atoms with Crippen molar-refractivity contribution in [2.75, 3.05) is 19.5 Å². The molecule has 1 heterocycles. The Hall–Kier alpha value is -3.41. The molecule has 3 rings (SSSR count). The number of H-pyrrole nitrogens is 1. The second kappa shape index (κ2) is 10.6. The lowest BCUT2D eigenvalue weighted by Crippen LogP contribution is -2.09. The van der Waals surface area contributed by atoms with E-state index in [9.17, 15) is 10.1 Å². The molecule has 0 aliphatic rings. The van der Waals surface area contributed by atoms with Gasteiger partial charge in [-0.05, 0) is 35.4 Å². The highest BCUT2D eigenvalue weighted by molar-refractivity contribution is 7.98. The van der Waals surface area contributed by atoms with Crippen LogP contribution in [0.3, 0.4) is 0 Å². The molecule has 2 N–H and O–H groups in total. The lowest BCUT2D eigenvalue weighted by Gasteiger charge is -2.07. The number of hydrogen-bond acceptors (Lipinski definition) is 6. The normalized spacial score (nSPS) is 10.6. The molecule has 2 aromatic carbocycles. The maximum absolute atomic E-state index is 12.3. The van der Waals surface area contributed by atoms with Crippen LogP contribution in [0.25, 0.3) is 6.08 Å². The number of ether oxygens (including phenoxy) is 2. The number of carbonyl (C=O) groups is 1. The van der Waals surface area contributed by atoms with E-state index in [1.54, 1.807) is 38.5 Å². The van der Waals surface area contributed by atoms with E-state index in [0.717, 1.165) is 11.1 Å². The average Bonchev–Trinajstić information content (AvgIpc) is 3.18. The Morgan fingerprint density at radius 3 is 2.74 bits per heavy atom. The zero-order valence-electron chi connectivity index (χ0n) is 16.8. The zero-order valence-corrected chi connectivity index (χ0v) is 18.4. The first kappa shape index (κ1) is 22.3. The number of carbonyl (C=O) groups excluding carboxylic acids is 1. The Morgan fingerprint density at radius 1 is 1.26 bits per heavy atom. The highest BCUT2D eigenvalue weighted by atomic mass is 35.5. The second-order valence-electron chi connectivity index (χ2n) is 6.21. The predicted octanol–water partition coefficient (Wildman–Crippen LogP) is 4.90. The van der Waals surface area contributed by atoms with Crippen LogP contribution in [0.15, 0.2) is 53.6 Å². The molecule has 0 bridgehead atoms. The Bertz CT molecular complexity index is 1150. The first-order valence-electron chi connectivity index (χ1n) is 9.11. The van der Waals surface area contributed by atoms with Gasteiger partial charge in [-0.2, -0.15) is 10.4 Å². The van der Waals surface area contributed by atoms with E-state index in [-0.39, 0.29) is 11.4 Å². The summed E-state index contributed by atoms with van der Waals surface area (Å²) in [6, 6.07) is 14.9. The minimum Gasteiger partial charge on any atom is -0.493 e. The summed E-state index contributed by atoms with van der Waals surface area (Å²) >= 11 is 7.53. The average molecular weight is 455 g/mol. The van der Waals surface area contributed by atoms with E-state index >= 15 is 0 Å². The number of nitriles is 1. The molecule has 0 fully saturated rings. The van der Waals surface area contributed by atoms with Gasteiger partial charge in [0.15, 0.2) is 11.5 Å². The molecule has 1 aromatic heterocycles. The number of anilines is 1. The lowest BCUT2D eigenvalue weighted by molar-refractivity contribution is -0.111. The van der Waals surface area contributed by atoms with Crippen molar-refractivity contribution >= 4 is 41.2 Å². The van der Waals surface area contributed by atoms with Crippen LogP contribution in [0, 0.1) is 11.3 Å². The van der Waals surface area contributed by atoms with Crippen LogP contribution >= 0.6 is 23.4 Å². The van der Waals surface area contributed by atoms with Crippen molar-refractivity contribution in [3.8, 4) is 17.6 Å². The third-order valence-electron chi connectivity index (χ3n) is 4.25. The van der Waals surface area contributed by atoms with Crippen molar-refractivity contribution in [1.29, 1.82) is 5.26 Å². The minimum absolute atomic E-state index is 0.242. The maximum atomic E-state index is 12.3. The van der Waals surface area contributed by atoms with Gasteiger partial charge in [0.25, 0.3) is 0 Å². The number of thioether (sulfide) groups is 1. The Kier molecular flexibility index (Phi) is 7.60. The molecular formula is C22H19ClN4O3S. The van der Waals surface area contributed by atoms with Gasteiger partial charge >= 0.3 is 0 Å². The number of nitrogens with one attached hydrogen (secondary N) is 2. The van der Waals surface area contributed by atoms with Crippen LogP contribution < -0.4 is 14.8 Å². The number of hydrogen-bond donors (Lipinski definition) is 2. The number of amides is 1. The van der Waals surface area contributed by atoms with Crippen molar-refractivity contribution < 1.29 is 14.3 Å². The van der Waals surface area contributed by atoms with Crippen LogP contribution in [-0.4, -0.2) is 30.3 Å². The maximum Gasteiger partial charge on any atom is 0.249 e. The number of methoxy groups -OCH3 is 2. The van der Waals surface area contributed by atoms with Gasteiger partial charge in [0.1, 0.15) is 22.5 Å². The van der Waals surface area contributed by atoms with Crippen LogP contribution in [0.5, 0.6) is 11.5 Å². The molecule has 9 heteroatoms. The summed E-state index contributed by atoms with van der Waals surface area (Å²) < 4.78 is 10.5. The molecule has 0 saturated carbocycles. The topological polar surface area (TPSA) is 100 Å². The summed E-state index contributed by atoms with van der Waals surface area (Å²) in [5.41, 5.74) is 1.96. The Labute approximate surface area is 189 Å². The summed E-state index contributed by atoms with van der Waals surface area (Å²) in [5.74, 6) is 1.54. The van der Waals surface area contributed by atoms with Gasteiger partial charge in [-0.15, -0.1) is 0 Å². The lowest BCUT2D eigenvalue weighted by atomic mass is 10.2. The molecule has 0 aliphatic heterocycles. The molecule has 7 nitrogen and oxygen atoms in total. The summed E-state index contributed by atoms with van der Waals surface area (Å²) in [6.07, 6.45) is 2.99. The fourth-order valence-electron chi connectivity index (χ4n) is 2.68. The first-order valence-corrected chi connectivity index (χ1v) is 10.5. The number of benzene rings is 2.